The predicted molar refractivity (Wildman–Crippen MR) is 83.1 cm³/mol. The zero-order valence-electron chi connectivity index (χ0n) is 11.1. The average molecular weight is 359 g/mol. The number of hydrogen-bond acceptors (Lipinski definition) is 2. The van der Waals surface area contributed by atoms with Crippen LogP contribution in [-0.4, -0.2) is 7.05 Å². The van der Waals surface area contributed by atoms with Gasteiger partial charge in [-0.3, -0.25) is 0 Å². The molecular formula is C15H14BrClFNO. The van der Waals surface area contributed by atoms with Gasteiger partial charge >= 0.3 is 0 Å². The highest BCUT2D eigenvalue weighted by Gasteiger charge is 2.09. The van der Waals surface area contributed by atoms with Crippen molar-refractivity contribution >= 4 is 27.5 Å². The Morgan fingerprint density at radius 1 is 1.25 bits per heavy atom. The molecule has 1 unspecified atom stereocenters. The monoisotopic (exact) mass is 357 g/mol. The van der Waals surface area contributed by atoms with Gasteiger partial charge < -0.3 is 10.1 Å². The Bertz CT molecular complexity index is 621. The number of rotatable bonds is 4. The van der Waals surface area contributed by atoms with Gasteiger partial charge in [-0.15, -0.1) is 0 Å². The first kappa shape index (κ1) is 15.3. The van der Waals surface area contributed by atoms with Crippen molar-refractivity contribution in [1.82, 2.24) is 5.32 Å². The summed E-state index contributed by atoms with van der Waals surface area (Å²) in [7, 11) is 1.91. The molecule has 5 heteroatoms. The van der Waals surface area contributed by atoms with E-state index in [0.29, 0.717) is 11.5 Å². The summed E-state index contributed by atoms with van der Waals surface area (Å²) >= 11 is 9.21. The molecule has 0 saturated heterocycles. The standard InChI is InChI=1S/C15H14BrClFNO/c1-9(19-2)10-3-6-15(12(16)7-10)20-11-4-5-14(18)13(17)8-11/h3-9,19H,1-2H3. The van der Waals surface area contributed by atoms with Crippen molar-refractivity contribution in [2.75, 3.05) is 7.05 Å². The van der Waals surface area contributed by atoms with E-state index in [1.807, 2.05) is 25.2 Å². The maximum absolute atomic E-state index is 13.1. The third-order valence-corrected chi connectivity index (χ3v) is 3.92. The first-order chi connectivity index (χ1) is 9.51. The summed E-state index contributed by atoms with van der Waals surface area (Å²) in [6, 6.07) is 10.4. The largest absolute Gasteiger partial charge is 0.456 e. The van der Waals surface area contributed by atoms with Crippen molar-refractivity contribution in [1.29, 1.82) is 0 Å². The van der Waals surface area contributed by atoms with Crippen molar-refractivity contribution < 1.29 is 9.13 Å². The Hall–Kier alpha value is -1.10. The van der Waals surface area contributed by atoms with Gasteiger partial charge in [0.15, 0.2) is 0 Å². The number of nitrogens with one attached hydrogen (secondary N) is 1. The molecule has 2 aromatic carbocycles. The lowest BCUT2D eigenvalue weighted by molar-refractivity contribution is 0.477. The van der Waals surface area contributed by atoms with Crippen LogP contribution in [0.4, 0.5) is 4.39 Å². The first-order valence-corrected chi connectivity index (χ1v) is 7.28. The van der Waals surface area contributed by atoms with E-state index >= 15 is 0 Å². The fourth-order valence-corrected chi connectivity index (χ4v) is 2.35. The maximum atomic E-state index is 13.1. The highest BCUT2D eigenvalue weighted by Crippen LogP contribution is 2.33. The lowest BCUT2D eigenvalue weighted by Crippen LogP contribution is -2.12. The van der Waals surface area contributed by atoms with Crippen LogP contribution in [0.1, 0.15) is 18.5 Å². The molecule has 1 N–H and O–H groups in total. The number of hydrogen-bond donors (Lipinski definition) is 1. The van der Waals surface area contributed by atoms with Crippen LogP contribution in [0.2, 0.25) is 5.02 Å². The second kappa shape index (κ2) is 6.57. The Labute approximate surface area is 131 Å². The fourth-order valence-electron chi connectivity index (χ4n) is 1.70. The molecule has 2 aromatic rings. The number of halogens is 3. The summed E-state index contributed by atoms with van der Waals surface area (Å²) in [5, 5.41) is 3.21. The van der Waals surface area contributed by atoms with Gasteiger partial charge in [-0.1, -0.05) is 17.7 Å². The maximum Gasteiger partial charge on any atom is 0.142 e. The molecular weight excluding hydrogens is 345 g/mol. The van der Waals surface area contributed by atoms with Crippen LogP contribution in [0, 0.1) is 5.82 Å². The SMILES string of the molecule is CNC(C)c1ccc(Oc2ccc(F)c(Cl)c2)c(Br)c1. The Morgan fingerprint density at radius 3 is 2.60 bits per heavy atom. The van der Waals surface area contributed by atoms with Crippen molar-refractivity contribution in [3.8, 4) is 11.5 Å². The van der Waals surface area contributed by atoms with Crippen molar-refractivity contribution in [2.45, 2.75) is 13.0 Å². The van der Waals surface area contributed by atoms with Crippen molar-refractivity contribution in [2.24, 2.45) is 0 Å². The third kappa shape index (κ3) is 3.51. The van der Waals surface area contributed by atoms with Crippen molar-refractivity contribution in [3.05, 3.63) is 57.3 Å². The van der Waals surface area contributed by atoms with Crippen LogP contribution in [0.15, 0.2) is 40.9 Å². The van der Waals surface area contributed by atoms with Crippen LogP contribution in [0.25, 0.3) is 0 Å². The minimum absolute atomic E-state index is 0.0408. The fraction of sp³-hybridized carbons (Fsp3) is 0.200. The van der Waals surface area contributed by atoms with Crippen LogP contribution in [0.5, 0.6) is 11.5 Å². The molecule has 0 radical (unpaired) electrons. The molecule has 0 saturated carbocycles. The van der Waals surface area contributed by atoms with Crippen LogP contribution in [-0.2, 0) is 0 Å². The van der Waals surface area contributed by atoms with Gasteiger partial charge in [-0.2, -0.15) is 0 Å². The summed E-state index contributed by atoms with van der Waals surface area (Å²) in [6.07, 6.45) is 0. The van der Waals surface area contributed by atoms with E-state index in [-0.39, 0.29) is 11.1 Å². The highest BCUT2D eigenvalue weighted by atomic mass is 79.9. The van der Waals surface area contributed by atoms with E-state index in [0.717, 1.165) is 10.0 Å². The predicted octanol–water partition coefficient (Wildman–Crippen LogP) is 5.31. The zero-order valence-corrected chi connectivity index (χ0v) is 13.4. The van der Waals surface area contributed by atoms with Gasteiger partial charge in [-0.05, 0) is 59.7 Å². The van der Waals surface area contributed by atoms with E-state index in [4.69, 9.17) is 16.3 Å². The summed E-state index contributed by atoms with van der Waals surface area (Å²) in [5.74, 6) is 0.683. The third-order valence-electron chi connectivity index (χ3n) is 3.01. The smallest absolute Gasteiger partial charge is 0.142 e. The van der Waals surface area contributed by atoms with Crippen LogP contribution in [0.3, 0.4) is 0 Å². The Morgan fingerprint density at radius 2 is 2.00 bits per heavy atom. The van der Waals surface area contributed by atoms with Crippen LogP contribution < -0.4 is 10.1 Å². The lowest BCUT2D eigenvalue weighted by atomic mass is 10.1. The van der Waals surface area contributed by atoms with Gasteiger partial charge in [-0.25, -0.2) is 4.39 Å². The molecule has 0 spiro atoms. The van der Waals surface area contributed by atoms with E-state index in [9.17, 15) is 4.39 Å². The molecule has 0 aliphatic heterocycles. The number of benzene rings is 2. The first-order valence-electron chi connectivity index (χ1n) is 6.11. The Kier molecular flexibility index (Phi) is 5.02. The molecule has 20 heavy (non-hydrogen) atoms. The van der Waals surface area contributed by atoms with Gasteiger partial charge in [0.25, 0.3) is 0 Å². The number of ether oxygens (including phenoxy) is 1. The molecule has 0 heterocycles. The molecule has 0 aliphatic carbocycles. The summed E-state index contributed by atoms with van der Waals surface area (Å²) in [4.78, 5) is 0. The average Bonchev–Trinajstić information content (AvgIpc) is 2.44. The normalized spacial score (nSPS) is 12.2. The molecule has 0 aliphatic rings. The lowest BCUT2D eigenvalue weighted by Gasteiger charge is -2.13. The molecule has 0 bridgehead atoms. The van der Waals surface area contributed by atoms with Gasteiger partial charge in [0.1, 0.15) is 17.3 Å². The second-order valence-corrected chi connectivity index (χ2v) is 5.64. The Balaban J connectivity index is 2.23. The van der Waals surface area contributed by atoms with E-state index in [2.05, 4.69) is 28.2 Å². The van der Waals surface area contributed by atoms with Gasteiger partial charge in [0.2, 0.25) is 0 Å². The summed E-state index contributed by atoms with van der Waals surface area (Å²) < 4.78 is 19.6. The summed E-state index contributed by atoms with van der Waals surface area (Å²) in [6.45, 7) is 2.07. The quantitative estimate of drug-likeness (QED) is 0.799. The molecule has 0 aromatic heterocycles. The van der Waals surface area contributed by atoms with Crippen LogP contribution >= 0.6 is 27.5 Å². The molecule has 2 nitrogen and oxygen atoms in total. The van der Waals surface area contributed by atoms with Gasteiger partial charge in [0.05, 0.1) is 9.50 Å². The van der Waals surface area contributed by atoms with Crippen molar-refractivity contribution in [3.63, 3.8) is 0 Å². The molecule has 1 atom stereocenters. The molecule has 0 fully saturated rings. The molecule has 106 valence electrons. The highest BCUT2D eigenvalue weighted by molar-refractivity contribution is 9.10. The van der Waals surface area contributed by atoms with Gasteiger partial charge in [0, 0.05) is 12.1 Å². The van der Waals surface area contributed by atoms with E-state index < -0.39 is 5.82 Å². The zero-order chi connectivity index (χ0) is 14.7. The van der Waals surface area contributed by atoms with E-state index in [1.54, 1.807) is 0 Å². The molecule has 2 rings (SSSR count). The second-order valence-electron chi connectivity index (χ2n) is 4.38. The minimum Gasteiger partial charge on any atom is -0.456 e. The summed E-state index contributed by atoms with van der Waals surface area (Å²) in [5.41, 5.74) is 1.14. The topological polar surface area (TPSA) is 21.3 Å². The minimum atomic E-state index is -0.462. The van der Waals surface area contributed by atoms with E-state index in [1.165, 1.54) is 18.2 Å². The molecule has 0 amide bonds.